The first kappa shape index (κ1) is 21.5. The Morgan fingerprint density at radius 1 is 1.12 bits per heavy atom. The lowest BCUT2D eigenvalue weighted by atomic mass is 10.0. The number of hydrogen-bond acceptors (Lipinski definition) is 6. The molecule has 1 amide bonds. The van der Waals surface area contributed by atoms with E-state index in [9.17, 15) is 27.1 Å². The SMILES string of the molecule is COc1ccc(-c2cc(F)c(O)c(F)c2)cc1S(=O)(=O)Nc1cnc2c(c1)C(=O)NCC2. The van der Waals surface area contributed by atoms with Gasteiger partial charge in [-0.25, -0.2) is 17.2 Å². The molecular weight excluding hydrogens is 444 g/mol. The van der Waals surface area contributed by atoms with Gasteiger partial charge in [0.2, 0.25) is 0 Å². The number of pyridine rings is 1. The van der Waals surface area contributed by atoms with Crippen molar-refractivity contribution < 1.29 is 31.8 Å². The fourth-order valence-electron chi connectivity index (χ4n) is 3.34. The van der Waals surface area contributed by atoms with Crippen LogP contribution >= 0.6 is 0 Å². The number of phenolic OH excluding ortho intramolecular Hbond substituents is 1. The van der Waals surface area contributed by atoms with Crippen LogP contribution in [0.5, 0.6) is 11.5 Å². The number of fused-ring (bicyclic) bond motifs is 1. The van der Waals surface area contributed by atoms with Crippen molar-refractivity contribution in [2.75, 3.05) is 18.4 Å². The van der Waals surface area contributed by atoms with Crippen LogP contribution < -0.4 is 14.8 Å². The van der Waals surface area contributed by atoms with E-state index in [-0.39, 0.29) is 38.9 Å². The summed E-state index contributed by atoms with van der Waals surface area (Å²) in [5.74, 6) is -3.85. The van der Waals surface area contributed by atoms with E-state index in [0.717, 1.165) is 12.1 Å². The molecule has 0 saturated carbocycles. The first-order valence-electron chi connectivity index (χ1n) is 9.36. The minimum atomic E-state index is -4.24. The molecule has 3 N–H and O–H groups in total. The molecule has 166 valence electrons. The van der Waals surface area contributed by atoms with Gasteiger partial charge in [-0.3, -0.25) is 14.5 Å². The summed E-state index contributed by atoms with van der Waals surface area (Å²) < 4.78 is 61.2. The number of nitrogens with zero attached hydrogens (tertiary/aromatic N) is 1. The normalized spacial score (nSPS) is 13.3. The molecule has 2 aromatic carbocycles. The van der Waals surface area contributed by atoms with Crippen LogP contribution in [0.15, 0.2) is 47.5 Å². The van der Waals surface area contributed by atoms with Gasteiger partial charge in [-0.05, 0) is 41.5 Å². The van der Waals surface area contributed by atoms with Gasteiger partial charge in [-0.2, -0.15) is 0 Å². The standard InChI is InChI=1S/C21H17F2N3O5S/c1-31-18-3-2-11(12-6-15(22)20(27)16(23)7-12)8-19(18)32(29,30)26-13-9-14-17(25-10-13)4-5-24-21(14)28/h2-3,6-10,26-27H,4-5H2,1H3,(H,24,28). The molecule has 0 aliphatic carbocycles. The van der Waals surface area contributed by atoms with Crippen molar-refractivity contribution in [3.8, 4) is 22.6 Å². The Kier molecular flexibility index (Phi) is 5.43. The summed E-state index contributed by atoms with van der Waals surface area (Å²) in [6.45, 7) is 0.451. The van der Waals surface area contributed by atoms with E-state index in [1.165, 1.54) is 37.6 Å². The summed E-state index contributed by atoms with van der Waals surface area (Å²) in [6.07, 6.45) is 1.83. The summed E-state index contributed by atoms with van der Waals surface area (Å²) in [5.41, 5.74) is 1.09. The Balaban J connectivity index is 1.74. The number of phenols is 1. The first-order valence-corrected chi connectivity index (χ1v) is 10.8. The van der Waals surface area contributed by atoms with Crippen LogP contribution in [-0.2, 0) is 16.4 Å². The maximum Gasteiger partial charge on any atom is 0.265 e. The molecule has 0 fully saturated rings. The van der Waals surface area contributed by atoms with Crippen molar-refractivity contribution >= 4 is 21.6 Å². The quantitative estimate of drug-likeness (QED) is 0.538. The van der Waals surface area contributed by atoms with E-state index in [1.807, 2.05) is 0 Å². The van der Waals surface area contributed by atoms with Crippen molar-refractivity contribution in [3.63, 3.8) is 0 Å². The fraction of sp³-hybridized carbons (Fsp3) is 0.143. The van der Waals surface area contributed by atoms with Gasteiger partial charge < -0.3 is 15.2 Å². The second-order valence-corrected chi connectivity index (χ2v) is 8.63. The van der Waals surface area contributed by atoms with Crippen molar-refractivity contribution in [1.82, 2.24) is 10.3 Å². The summed E-state index contributed by atoms with van der Waals surface area (Å²) in [7, 11) is -2.97. The molecule has 0 spiro atoms. The number of amides is 1. The Labute approximate surface area is 181 Å². The lowest BCUT2D eigenvalue weighted by Crippen LogP contribution is -2.32. The van der Waals surface area contributed by atoms with Crippen LogP contribution in [0.3, 0.4) is 0 Å². The molecule has 4 rings (SSSR count). The molecule has 0 saturated heterocycles. The molecule has 11 heteroatoms. The average Bonchev–Trinajstić information content (AvgIpc) is 2.77. The third kappa shape index (κ3) is 3.94. The van der Waals surface area contributed by atoms with Gasteiger partial charge in [0, 0.05) is 13.0 Å². The molecular formula is C21H17F2N3O5S. The number of nitrogens with one attached hydrogen (secondary N) is 2. The Morgan fingerprint density at radius 3 is 2.53 bits per heavy atom. The maximum atomic E-state index is 13.8. The van der Waals surface area contributed by atoms with E-state index in [0.29, 0.717) is 18.7 Å². The molecule has 32 heavy (non-hydrogen) atoms. The minimum absolute atomic E-state index is 0.00960. The third-order valence-electron chi connectivity index (χ3n) is 4.92. The smallest absolute Gasteiger partial charge is 0.265 e. The van der Waals surface area contributed by atoms with Gasteiger partial charge in [0.25, 0.3) is 15.9 Å². The molecule has 0 atom stereocenters. The number of carbonyl (C=O) groups excluding carboxylic acids is 1. The number of methoxy groups -OCH3 is 1. The highest BCUT2D eigenvalue weighted by Crippen LogP contribution is 2.33. The number of carbonyl (C=O) groups is 1. The third-order valence-corrected chi connectivity index (χ3v) is 6.32. The summed E-state index contributed by atoms with van der Waals surface area (Å²) in [5, 5.41) is 12.0. The van der Waals surface area contributed by atoms with E-state index in [1.54, 1.807) is 0 Å². The number of aromatic nitrogens is 1. The number of ether oxygens (including phenoxy) is 1. The van der Waals surface area contributed by atoms with E-state index < -0.39 is 27.4 Å². The maximum absolute atomic E-state index is 13.8. The number of sulfonamides is 1. The first-order chi connectivity index (χ1) is 15.2. The number of hydrogen-bond donors (Lipinski definition) is 3. The molecule has 8 nitrogen and oxygen atoms in total. The van der Waals surface area contributed by atoms with Crippen molar-refractivity contribution in [1.29, 1.82) is 0 Å². The van der Waals surface area contributed by atoms with Gasteiger partial charge in [-0.15, -0.1) is 0 Å². The topological polar surface area (TPSA) is 118 Å². The van der Waals surface area contributed by atoms with Crippen LogP contribution in [0, 0.1) is 11.6 Å². The highest BCUT2D eigenvalue weighted by molar-refractivity contribution is 7.92. The number of anilines is 1. The summed E-state index contributed by atoms with van der Waals surface area (Å²) >= 11 is 0. The fourth-order valence-corrected chi connectivity index (χ4v) is 4.57. The van der Waals surface area contributed by atoms with Gasteiger partial charge >= 0.3 is 0 Å². The number of halogens is 2. The lowest BCUT2D eigenvalue weighted by Gasteiger charge is -2.17. The zero-order valence-corrected chi connectivity index (χ0v) is 17.5. The van der Waals surface area contributed by atoms with Crippen molar-refractivity contribution in [2.24, 2.45) is 0 Å². The number of benzene rings is 2. The second-order valence-electron chi connectivity index (χ2n) is 6.98. The summed E-state index contributed by atoms with van der Waals surface area (Å²) in [6, 6.07) is 7.10. The Bertz CT molecular complexity index is 1320. The van der Waals surface area contributed by atoms with Crippen molar-refractivity contribution in [3.05, 3.63) is 65.5 Å². The zero-order chi connectivity index (χ0) is 23.0. The number of rotatable bonds is 5. The molecule has 0 bridgehead atoms. The van der Waals surface area contributed by atoms with E-state index >= 15 is 0 Å². The van der Waals surface area contributed by atoms with Gasteiger partial charge in [0.05, 0.1) is 30.3 Å². The van der Waals surface area contributed by atoms with Crippen LogP contribution in [-0.4, -0.2) is 38.1 Å². The molecule has 2 heterocycles. The molecule has 1 aliphatic rings. The van der Waals surface area contributed by atoms with Gasteiger partial charge in [0.15, 0.2) is 17.4 Å². The molecule has 0 unspecified atom stereocenters. The van der Waals surface area contributed by atoms with Crippen LogP contribution in [0.4, 0.5) is 14.5 Å². The zero-order valence-electron chi connectivity index (χ0n) is 16.6. The minimum Gasteiger partial charge on any atom is -0.503 e. The predicted octanol–water partition coefficient (Wildman–Crippen LogP) is 2.83. The second kappa shape index (κ2) is 8.08. The Morgan fingerprint density at radius 2 is 1.84 bits per heavy atom. The van der Waals surface area contributed by atoms with Gasteiger partial charge in [-0.1, -0.05) is 6.07 Å². The highest BCUT2D eigenvalue weighted by atomic mass is 32.2. The molecule has 1 aliphatic heterocycles. The van der Waals surface area contributed by atoms with Crippen LogP contribution in [0.2, 0.25) is 0 Å². The average molecular weight is 461 g/mol. The predicted molar refractivity (Wildman–Crippen MR) is 111 cm³/mol. The molecule has 0 radical (unpaired) electrons. The van der Waals surface area contributed by atoms with Crippen LogP contribution in [0.25, 0.3) is 11.1 Å². The monoisotopic (exact) mass is 461 g/mol. The van der Waals surface area contributed by atoms with E-state index in [4.69, 9.17) is 4.74 Å². The Hall–Kier alpha value is -3.73. The molecule has 1 aromatic heterocycles. The number of aromatic hydroxyl groups is 1. The largest absolute Gasteiger partial charge is 0.503 e. The summed E-state index contributed by atoms with van der Waals surface area (Å²) in [4.78, 5) is 15.9. The lowest BCUT2D eigenvalue weighted by molar-refractivity contribution is 0.0945. The van der Waals surface area contributed by atoms with Crippen molar-refractivity contribution in [2.45, 2.75) is 11.3 Å². The van der Waals surface area contributed by atoms with Crippen LogP contribution in [0.1, 0.15) is 16.1 Å². The highest BCUT2D eigenvalue weighted by Gasteiger charge is 2.24. The van der Waals surface area contributed by atoms with E-state index in [2.05, 4.69) is 15.0 Å². The molecule has 3 aromatic rings. The van der Waals surface area contributed by atoms with Gasteiger partial charge in [0.1, 0.15) is 10.6 Å².